The standard InChI is InChI=1S/C17H28O2/c1-16(2,3)13-8-9-15(19-11-7-10-18)14(12-13)17(4,5)6/h8-9,12,18H,7,10-11H2,1-6H3. The van der Waals surface area contributed by atoms with Crippen molar-refractivity contribution >= 4 is 0 Å². The molecule has 0 fully saturated rings. The molecule has 108 valence electrons. The minimum Gasteiger partial charge on any atom is -0.493 e. The fourth-order valence-corrected chi connectivity index (χ4v) is 1.96. The zero-order valence-corrected chi connectivity index (χ0v) is 13.2. The first-order valence-electron chi connectivity index (χ1n) is 7.05. The lowest BCUT2D eigenvalue weighted by Crippen LogP contribution is -2.18. The molecule has 0 aliphatic rings. The Hall–Kier alpha value is -1.02. The van der Waals surface area contributed by atoms with E-state index < -0.39 is 0 Å². The van der Waals surface area contributed by atoms with Crippen molar-refractivity contribution < 1.29 is 9.84 Å². The van der Waals surface area contributed by atoms with E-state index in [0.29, 0.717) is 13.0 Å². The van der Waals surface area contributed by atoms with Crippen LogP contribution in [0.15, 0.2) is 18.2 Å². The highest BCUT2D eigenvalue weighted by molar-refractivity contribution is 5.43. The fraction of sp³-hybridized carbons (Fsp3) is 0.647. The molecule has 0 aliphatic heterocycles. The van der Waals surface area contributed by atoms with Crippen molar-refractivity contribution in [2.24, 2.45) is 0 Å². The highest BCUT2D eigenvalue weighted by atomic mass is 16.5. The number of aliphatic hydroxyl groups is 1. The molecule has 1 rings (SSSR count). The summed E-state index contributed by atoms with van der Waals surface area (Å²) in [5, 5.41) is 8.84. The van der Waals surface area contributed by atoms with Crippen LogP contribution in [-0.4, -0.2) is 18.3 Å². The van der Waals surface area contributed by atoms with Gasteiger partial charge in [-0.2, -0.15) is 0 Å². The first-order chi connectivity index (χ1) is 8.66. The molecule has 0 amide bonds. The van der Waals surface area contributed by atoms with Crippen LogP contribution in [0.4, 0.5) is 0 Å². The van der Waals surface area contributed by atoms with Gasteiger partial charge in [0.25, 0.3) is 0 Å². The molecule has 19 heavy (non-hydrogen) atoms. The monoisotopic (exact) mass is 264 g/mol. The van der Waals surface area contributed by atoms with Crippen LogP contribution in [-0.2, 0) is 10.8 Å². The van der Waals surface area contributed by atoms with Crippen LogP contribution in [0.1, 0.15) is 59.1 Å². The van der Waals surface area contributed by atoms with Gasteiger partial charge in [-0.1, -0.05) is 53.7 Å². The van der Waals surface area contributed by atoms with Crippen molar-refractivity contribution in [3.8, 4) is 5.75 Å². The lowest BCUT2D eigenvalue weighted by atomic mass is 9.80. The van der Waals surface area contributed by atoms with Gasteiger partial charge in [0.05, 0.1) is 6.61 Å². The smallest absolute Gasteiger partial charge is 0.123 e. The van der Waals surface area contributed by atoms with E-state index in [-0.39, 0.29) is 17.4 Å². The van der Waals surface area contributed by atoms with Crippen molar-refractivity contribution in [2.75, 3.05) is 13.2 Å². The van der Waals surface area contributed by atoms with E-state index >= 15 is 0 Å². The van der Waals surface area contributed by atoms with Gasteiger partial charge in [-0.3, -0.25) is 0 Å². The summed E-state index contributed by atoms with van der Waals surface area (Å²) in [5.74, 6) is 0.939. The van der Waals surface area contributed by atoms with E-state index in [0.717, 1.165) is 5.75 Å². The van der Waals surface area contributed by atoms with Crippen molar-refractivity contribution in [3.05, 3.63) is 29.3 Å². The van der Waals surface area contributed by atoms with Crippen LogP contribution >= 0.6 is 0 Å². The third-order valence-corrected chi connectivity index (χ3v) is 3.21. The van der Waals surface area contributed by atoms with Crippen LogP contribution < -0.4 is 4.74 Å². The molecule has 0 heterocycles. The molecule has 0 atom stereocenters. The second-order valence-corrected chi connectivity index (χ2v) is 7.14. The number of rotatable bonds is 4. The summed E-state index contributed by atoms with van der Waals surface area (Å²) < 4.78 is 5.81. The fourth-order valence-electron chi connectivity index (χ4n) is 1.96. The minimum atomic E-state index is 0.0514. The Morgan fingerprint density at radius 2 is 1.63 bits per heavy atom. The predicted molar refractivity (Wildman–Crippen MR) is 81.0 cm³/mol. The molecular weight excluding hydrogens is 236 g/mol. The van der Waals surface area contributed by atoms with Gasteiger partial charge in [0, 0.05) is 13.0 Å². The molecule has 2 heteroatoms. The lowest BCUT2D eigenvalue weighted by Gasteiger charge is -2.27. The van der Waals surface area contributed by atoms with E-state index in [1.807, 2.05) is 0 Å². The van der Waals surface area contributed by atoms with E-state index in [1.165, 1.54) is 11.1 Å². The maximum Gasteiger partial charge on any atom is 0.123 e. The van der Waals surface area contributed by atoms with Crippen LogP contribution in [0, 0.1) is 0 Å². The van der Waals surface area contributed by atoms with Crippen molar-refractivity contribution in [2.45, 2.75) is 58.8 Å². The third-order valence-electron chi connectivity index (χ3n) is 3.21. The number of ether oxygens (including phenoxy) is 1. The molecule has 0 radical (unpaired) electrons. The topological polar surface area (TPSA) is 29.5 Å². The first-order valence-corrected chi connectivity index (χ1v) is 7.05. The molecule has 0 aliphatic carbocycles. The Kier molecular flexibility index (Phi) is 5.03. The predicted octanol–water partition coefficient (Wildman–Crippen LogP) is 4.04. The Morgan fingerprint density at radius 1 is 1.00 bits per heavy atom. The van der Waals surface area contributed by atoms with Gasteiger partial charge in [-0.25, -0.2) is 0 Å². The van der Waals surface area contributed by atoms with Crippen LogP contribution in [0.25, 0.3) is 0 Å². The van der Waals surface area contributed by atoms with Gasteiger partial charge >= 0.3 is 0 Å². The normalized spacial score (nSPS) is 12.6. The average Bonchev–Trinajstić information content (AvgIpc) is 2.27. The summed E-state index contributed by atoms with van der Waals surface area (Å²) in [6.07, 6.45) is 0.671. The molecule has 1 aromatic carbocycles. The molecule has 0 unspecified atom stereocenters. The second-order valence-electron chi connectivity index (χ2n) is 7.14. The molecule has 0 saturated carbocycles. The summed E-state index contributed by atoms with van der Waals surface area (Å²) in [7, 11) is 0. The molecule has 2 nitrogen and oxygen atoms in total. The van der Waals surface area contributed by atoms with E-state index in [1.54, 1.807) is 0 Å². The molecule has 0 spiro atoms. The number of hydrogen-bond acceptors (Lipinski definition) is 2. The van der Waals surface area contributed by atoms with Gasteiger partial charge < -0.3 is 9.84 Å². The van der Waals surface area contributed by atoms with Crippen LogP contribution in [0.5, 0.6) is 5.75 Å². The highest BCUT2D eigenvalue weighted by Gasteiger charge is 2.22. The van der Waals surface area contributed by atoms with Crippen LogP contribution in [0.2, 0.25) is 0 Å². The number of aliphatic hydroxyl groups excluding tert-OH is 1. The van der Waals surface area contributed by atoms with Crippen molar-refractivity contribution in [1.82, 2.24) is 0 Å². The van der Waals surface area contributed by atoms with Crippen LogP contribution in [0.3, 0.4) is 0 Å². The maximum absolute atomic E-state index is 8.84. The SMILES string of the molecule is CC(C)(C)c1ccc(OCCCO)c(C(C)(C)C)c1. The van der Waals surface area contributed by atoms with Gasteiger partial charge in [-0.15, -0.1) is 0 Å². The Morgan fingerprint density at radius 3 is 2.11 bits per heavy atom. The number of hydrogen-bond donors (Lipinski definition) is 1. The third kappa shape index (κ3) is 4.54. The summed E-state index contributed by atoms with van der Waals surface area (Å²) >= 11 is 0. The van der Waals surface area contributed by atoms with E-state index in [2.05, 4.69) is 59.7 Å². The first kappa shape index (κ1) is 16.0. The zero-order chi connectivity index (χ0) is 14.7. The minimum absolute atomic E-state index is 0.0514. The van der Waals surface area contributed by atoms with Gasteiger partial charge in [0.15, 0.2) is 0 Å². The molecule has 0 bridgehead atoms. The molecular formula is C17H28O2. The lowest BCUT2D eigenvalue weighted by molar-refractivity contribution is 0.231. The van der Waals surface area contributed by atoms with E-state index in [4.69, 9.17) is 9.84 Å². The molecule has 0 aromatic heterocycles. The summed E-state index contributed by atoms with van der Waals surface area (Å²) in [6.45, 7) is 14.0. The second kappa shape index (κ2) is 5.96. The molecule has 0 saturated heterocycles. The Balaban J connectivity index is 3.11. The summed E-state index contributed by atoms with van der Waals surface area (Å²) in [6, 6.07) is 6.47. The van der Waals surface area contributed by atoms with Gasteiger partial charge in [-0.05, 0) is 28.0 Å². The van der Waals surface area contributed by atoms with Crippen molar-refractivity contribution in [1.29, 1.82) is 0 Å². The molecule has 1 aromatic rings. The highest BCUT2D eigenvalue weighted by Crippen LogP contribution is 2.35. The Labute approximate surface area is 117 Å². The summed E-state index contributed by atoms with van der Waals surface area (Å²) in [4.78, 5) is 0. The molecule has 1 N–H and O–H groups in total. The Bertz CT molecular complexity index is 408. The maximum atomic E-state index is 8.84. The van der Waals surface area contributed by atoms with E-state index in [9.17, 15) is 0 Å². The largest absolute Gasteiger partial charge is 0.493 e. The number of benzene rings is 1. The average molecular weight is 264 g/mol. The van der Waals surface area contributed by atoms with Crippen molar-refractivity contribution in [3.63, 3.8) is 0 Å². The van der Waals surface area contributed by atoms with Gasteiger partial charge in [0.2, 0.25) is 0 Å². The summed E-state index contributed by atoms with van der Waals surface area (Å²) in [5.41, 5.74) is 2.75. The quantitative estimate of drug-likeness (QED) is 0.832. The zero-order valence-electron chi connectivity index (χ0n) is 13.2. The van der Waals surface area contributed by atoms with Gasteiger partial charge in [0.1, 0.15) is 5.75 Å².